The zero-order valence-corrected chi connectivity index (χ0v) is 12.2. The highest BCUT2D eigenvalue weighted by Gasteiger charge is 2.05. The Morgan fingerprint density at radius 1 is 0.905 bits per heavy atom. The summed E-state index contributed by atoms with van der Waals surface area (Å²) in [6.07, 6.45) is 4.52. The Kier molecular flexibility index (Phi) is 3.73. The smallest absolute Gasteiger partial charge is 0.128 e. The molecule has 0 atom stereocenters. The summed E-state index contributed by atoms with van der Waals surface area (Å²) in [5, 5.41) is 0. The number of rotatable bonds is 3. The lowest BCUT2D eigenvalue weighted by Gasteiger charge is -2.06. The van der Waals surface area contributed by atoms with Crippen LogP contribution in [0.5, 0.6) is 0 Å². The molecule has 3 aromatic rings. The van der Waals surface area contributed by atoms with Gasteiger partial charge >= 0.3 is 0 Å². The first-order valence-corrected chi connectivity index (χ1v) is 7.12. The summed E-state index contributed by atoms with van der Waals surface area (Å²) in [6.45, 7) is 4.15. The predicted octanol–water partition coefficient (Wildman–Crippen LogP) is 4.08. The topological polar surface area (TPSA) is 38.7 Å². The maximum absolute atomic E-state index is 4.58. The molecule has 3 nitrogen and oxygen atoms in total. The molecule has 0 spiro atoms. The third-order valence-corrected chi connectivity index (χ3v) is 3.50. The molecule has 3 heteroatoms. The van der Waals surface area contributed by atoms with E-state index >= 15 is 0 Å². The first kappa shape index (κ1) is 13.4. The summed E-state index contributed by atoms with van der Waals surface area (Å²) >= 11 is 0. The minimum atomic E-state index is 0.836. The monoisotopic (exact) mass is 275 g/mol. The molecule has 0 saturated heterocycles. The molecule has 21 heavy (non-hydrogen) atoms. The second kappa shape index (κ2) is 5.83. The fraction of sp³-hybridized carbons (Fsp3) is 0.167. The van der Waals surface area contributed by atoms with E-state index in [4.69, 9.17) is 0 Å². The van der Waals surface area contributed by atoms with Crippen LogP contribution < -0.4 is 0 Å². The Morgan fingerprint density at radius 3 is 2.48 bits per heavy atom. The van der Waals surface area contributed by atoms with Crippen molar-refractivity contribution in [3.8, 4) is 22.5 Å². The van der Waals surface area contributed by atoms with E-state index < -0.39 is 0 Å². The van der Waals surface area contributed by atoms with Crippen molar-refractivity contribution in [2.75, 3.05) is 0 Å². The summed E-state index contributed by atoms with van der Waals surface area (Å²) in [5.41, 5.74) is 5.32. The molecule has 0 saturated carbocycles. The van der Waals surface area contributed by atoms with E-state index in [1.165, 1.54) is 11.1 Å². The fourth-order valence-corrected chi connectivity index (χ4v) is 2.30. The maximum Gasteiger partial charge on any atom is 0.128 e. The molecule has 0 radical (unpaired) electrons. The Bertz CT molecular complexity index is 748. The summed E-state index contributed by atoms with van der Waals surface area (Å²) in [4.78, 5) is 13.3. The van der Waals surface area contributed by atoms with Crippen molar-refractivity contribution in [2.45, 2.75) is 20.3 Å². The molecule has 0 N–H and O–H groups in total. The second-order valence-electron chi connectivity index (χ2n) is 4.96. The molecule has 2 heterocycles. The van der Waals surface area contributed by atoms with E-state index in [-0.39, 0.29) is 0 Å². The Labute approximate surface area is 124 Å². The number of hydrogen-bond donors (Lipinski definition) is 0. The highest BCUT2D eigenvalue weighted by atomic mass is 14.9. The van der Waals surface area contributed by atoms with Gasteiger partial charge in [0.1, 0.15) is 5.82 Å². The fourth-order valence-electron chi connectivity index (χ4n) is 2.30. The predicted molar refractivity (Wildman–Crippen MR) is 84.8 cm³/mol. The zero-order valence-electron chi connectivity index (χ0n) is 12.2. The standard InChI is InChI=1S/C18H17N3/c1-3-18-19-11-10-16(21-18)14-8-9-17(20-12-14)15-7-5-4-6-13(15)2/h4-12H,3H2,1-2H3. The summed E-state index contributed by atoms with van der Waals surface area (Å²) in [6, 6.07) is 14.3. The molecule has 0 aliphatic carbocycles. The normalized spacial score (nSPS) is 10.6. The molecular weight excluding hydrogens is 258 g/mol. The van der Waals surface area contributed by atoms with E-state index in [2.05, 4.69) is 47.0 Å². The lowest BCUT2D eigenvalue weighted by atomic mass is 10.0. The van der Waals surface area contributed by atoms with Gasteiger partial charge in [0, 0.05) is 29.9 Å². The highest BCUT2D eigenvalue weighted by Crippen LogP contribution is 2.23. The molecule has 0 fully saturated rings. The van der Waals surface area contributed by atoms with Crippen LogP contribution in [0, 0.1) is 6.92 Å². The van der Waals surface area contributed by atoms with Crippen molar-refractivity contribution in [1.29, 1.82) is 0 Å². The number of nitrogens with zero attached hydrogens (tertiary/aromatic N) is 3. The maximum atomic E-state index is 4.58. The van der Waals surface area contributed by atoms with Crippen LogP contribution in [0.3, 0.4) is 0 Å². The van der Waals surface area contributed by atoms with Crippen LogP contribution in [0.25, 0.3) is 22.5 Å². The van der Waals surface area contributed by atoms with Crippen molar-refractivity contribution in [1.82, 2.24) is 15.0 Å². The van der Waals surface area contributed by atoms with E-state index in [0.717, 1.165) is 29.2 Å². The van der Waals surface area contributed by atoms with Gasteiger partial charge in [-0.25, -0.2) is 9.97 Å². The van der Waals surface area contributed by atoms with E-state index in [1.807, 2.05) is 30.5 Å². The Morgan fingerprint density at radius 2 is 1.76 bits per heavy atom. The van der Waals surface area contributed by atoms with Gasteiger partial charge in [-0.3, -0.25) is 4.98 Å². The number of aryl methyl sites for hydroxylation is 2. The van der Waals surface area contributed by atoms with Crippen LogP contribution in [0.4, 0.5) is 0 Å². The molecule has 2 aromatic heterocycles. The average Bonchev–Trinajstić information content (AvgIpc) is 2.56. The molecular formula is C18H17N3. The van der Waals surface area contributed by atoms with Gasteiger partial charge in [-0.05, 0) is 30.7 Å². The van der Waals surface area contributed by atoms with Gasteiger partial charge in [-0.1, -0.05) is 31.2 Å². The van der Waals surface area contributed by atoms with Gasteiger partial charge in [0.15, 0.2) is 0 Å². The zero-order chi connectivity index (χ0) is 14.7. The molecule has 0 bridgehead atoms. The molecule has 0 unspecified atom stereocenters. The van der Waals surface area contributed by atoms with Crippen molar-refractivity contribution >= 4 is 0 Å². The quantitative estimate of drug-likeness (QED) is 0.723. The van der Waals surface area contributed by atoms with Gasteiger partial charge in [0.25, 0.3) is 0 Å². The van der Waals surface area contributed by atoms with Gasteiger partial charge < -0.3 is 0 Å². The summed E-state index contributed by atoms with van der Waals surface area (Å²) in [5.74, 6) is 0.857. The number of pyridine rings is 1. The van der Waals surface area contributed by atoms with Crippen molar-refractivity contribution in [2.24, 2.45) is 0 Å². The highest BCUT2D eigenvalue weighted by molar-refractivity contribution is 5.66. The van der Waals surface area contributed by atoms with E-state index in [0.29, 0.717) is 0 Å². The Hall–Kier alpha value is -2.55. The summed E-state index contributed by atoms with van der Waals surface area (Å²) < 4.78 is 0. The van der Waals surface area contributed by atoms with Crippen molar-refractivity contribution < 1.29 is 0 Å². The van der Waals surface area contributed by atoms with Crippen LogP contribution in [0.1, 0.15) is 18.3 Å². The molecule has 104 valence electrons. The molecule has 0 aliphatic rings. The Balaban J connectivity index is 1.96. The SMILES string of the molecule is CCc1nccc(-c2ccc(-c3ccccc3C)nc2)n1. The number of aromatic nitrogens is 3. The van der Waals surface area contributed by atoms with Gasteiger partial charge in [-0.2, -0.15) is 0 Å². The first-order valence-electron chi connectivity index (χ1n) is 7.12. The molecule has 1 aromatic carbocycles. The third kappa shape index (κ3) is 2.82. The van der Waals surface area contributed by atoms with Gasteiger partial charge in [-0.15, -0.1) is 0 Å². The van der Waals surface area contributed by atoms with Crippen LogP contribution >= 0.6 is 0 Å². The first-order chi connectivity index (χ1) is 10.3. The van der Waals surface area contributed by atoms with Crippen LogP contribution in [-0.2, 0) is 6.42 Å². The second-order valence-corrected chi connectivity index (χ2v) is 4.96. The van der Waals surface area contributed by atoms with Gasteiger partial charge in [0.2, 0.25) is 0 Å². The number of benzene rings is 1. The molecule has 0 aliphatic heterocycles. The van der Waals surface area contributed by atoms with Gasteiger partial charge in [0.05, 0.1) is 11.4 Å². The van der Waals surface area contributed by atoms with E-state index in [9.17, 15) is 0 Å². The lowest BCUT2D eigenvalue weighted by molar-refractivity contribution is 0.943. The van der Waals surface area contributed by atoms with Crippen LogP contribution in [-0.4, -0.2) is 15.0 Å². The van der Waals surface area contributed by atoms with E-state index in [1.54, 1.807) is 6.20 Å². The third-order valence-electron chi connectivity index (χ3n) is 3.50. The molecule has 0 amide bonds. The minimum absolute atomic E-state index is 0.836. The minimum Gasteiger partial charge on any atom is -0.256 e. The molecule has 3 rings (SSSR count). The van der Waals surface area contributed by atoms with Crippen molar-refractivity contribution in [3.63, 3.8) is 0 Å². The van der Waals surface area contributed by atoms with Crippen LogP contribution in [0.15, 0.2) is 54.9 Å². The average molecular weight is 275 g/mol. The number of hydrogen-bond acceptors (Lipinski definition) is 3. The largest absolute Gasteiger partial charge is 0.256 e. The van der Waals surface area contributed by atoms with Crippen LogP contribution in [0.2, 0.25) is 0 Å². The lowest BCUT2D eigenvalue weighted by Crippen LogP contribution is -1.94. The van der Waals surface area contributed by atoms with Crippen molar-refractivity contribution in [3.05, 3.63) is 66.2 Å². The summed E-state index contributed by atoms with van der Waals surface area (Å²) in [7, 11) is 0.